The van der Waals surface area contributed by atoms with Crippen molar-refractivity contribution in [2.45, 2.75) is 6.92 Å². The van der Waals surface area contributed by atoms with E-state index in [1.165, 1.54) is 36.5 Å². The zero-order valence-corrected chi connectivity index (χ0v) is 16.6. The number of hydrogen-bond donors (Lipinski definition) is 2. The molecule has 1 aliphatic heterocycles. The van der Waals surface area contributed by atoms with E-state index < -0.39 is 17.6 Å². The summed E-state index contributed by atoms with van der Waals surface area (Å²) in [6, 6.07) is 15.9. The van der Waals surface area contributed by atoms with Crippen molar-refractivity contribution in [2.24, 2.45) is 0 Å². The summed E-state index contributed by atoms with van der Waals surface area (Å²) in [4.78, 5) is 38.9. The van der Waals surface area contributed by atoms with Crippen LogP contribution in [0.3, 0.4) is 0 Å². The number of halogens is 1. The number of carbonyl (C=O) groups is 3. The van der Waals surface area contributed by atoms with Gasteiger partial charge in [-0.25, -0.2) is 9.29 Å². The summed E-state index contributed by atoms with van der Waals surface area (Å²) < 4.78 is 14.3. The molecule has 2 heterocycles. The minimum atomic E-state index is -0.661. The lowest BCUT2D eigenvalue weighted by Gasteiger charge is -2.16. The molecular formula is C22H16FN3O3S. The van der Waals surface area contributed by atoms with Crippen LogP contribution in [0.15, 0.2) is 71.7 Å². The van der Waals surface area contributed by atoms with Crippen molar-refractivity contribution in [1.82, 2.24) is 0 Å². The first-order chi connectivity index (χ1) is 14.5. The van der Waals surface area contributed by atoms with Gasteiger partial charge in [0.1, 0.15) is 11.5 Å². The zero-order chi connectivity index (χ0) is 21.3. The van der Waals surface area contributed by atoms with Crippen LogP contribution in [0.1, 0.15) is 11.8 Å². The summed E-state index contributed by atoms with van der Waals surface area (Å²) in [7, 11) is 0. The first-order valence-electron chi connectivity index (χ1n) is 9.02. The lowest BCUT2D eigenvalue weighted by molar-refractivity contribution is -0.120. The van der Waals surface area contributed by atoms with Crippen molar-refractivity contribution < 1.29 is 18.8 Å². The fourth-order valence-electron chi connectivity index (χ4n) is 3.13. The summed E-state index contributed by atoms with van der Waals surface area (Å²) in [5.74, 6) is -2.09. The Morgan fingerprint density at radius 3 is 2.27 bits per heavy atom. The number of nitrogens with zero attached hydrogens (tertiary/aromatic N) is 1. The second kappa shape index (κ2) is 7.92. The second-order valence-electron chi connectivity index (χ2n) is 6.51. The van der Waals surface area contributed by atoms with Crippen molar-refractivity contribution in [3.8, 4) is 0 Å². The minimum Gasteiger partial charge on any atom is -0.350 e. The van der Waals surface area contributed by atoms with E-state index in [1.54, 1.807) is 47.8 Å². The Kier molecular flexibility index (Phi) is 5.16. The van der Waals surface area contributed by atoms with E-state index >= 15 is 0 Å². The number of nitrogens with one attached hydrogen (secondary N) is 2. The SMILES string of the molecule is CC(=O)Nc1ccc(NC2=C(c3cccs3)C(=O)N(c3ccccc3F)C2=O)cc1. The van der Waals surface area contributed by atoms with Crippen LogP contribution < -0.4 is 15.5 Å². The quantitative estimate of drug-likeness (QED) is 0.604. The predicted octanol–water partition coefficient (Wildman–Crippen LogP) is 4.24. The number of para-hydroxylation sites is 1. The van der Waals surface area contributed by atoms with Gasteiger partial charge in [0.25, 0.3) is 11.8 Å². The molecule has 3 amide bonds. The maximum absolute atomic E-state index is 14.3. The Morgan fingerprint density at radius 1 is 0.933 bits per heavy atom. The lowest BCUT2D eigenvalue weighted by atomic mass is 10.2. The van der Waals surface area contributed by atoms with Crippen LogP contribution in [0.4, 0.5) is 21.5 Å². The summed E-state index contributed by atoms with van der Waals surface area (Å²) in [6.07, 6.45) is 0. The summed E-state index contributed by atoms with van der Waals surface area (Å²) >= 11 is 1.31. The fraction of sp³-hybridized carbons (Fsp3) is 0.0455. The molecule has 150 valence electrons. The van der Waals surface area contributed by atoms with Gasteiger partial charge in [-0.3, -0.25) is 14.4 Å². The molecule has 2 N–H and O–H groups in total. The summed E-state index contributed by atoms with van der Waals surface area (Å²) in [6.45, 7) is 1.41. The van der Waals surface area contributed by atoms with Gasteiger partial charge in [0.15, 0.2) is 0 Å². The fourth-order valence-corrected chi connectivity index (χ4v) is 3.90. The number of amides is 3. The monoisotopic (exact) mass is 421 g/mol. The molecule has 6 nitrogen and oxygen atoms in total. The van der Waals surface area contributed by atoms with Crippen molar-refractivity contribution in [1.29, 1.82) is 0 Å². The zero-order valence-electron chi connectivity index (χ0n) is 15.8. The van der Waals surface area contributed by atoms with Crippen LogP contribution in [0.2, 0.25) is 0 Å². The van der Waals surface area contributed by atoms with Gasteiger partial charge in [0.05, 0.1) is 11.3 Å². The molecular weight excluding hydrogens is 405 g/mol. The van der Waals surface area contributed by atoms with Crippen molar-refractivity contribution in [3.05, 3.63) is 82.4 Å². The number of thiophene rings is 1. The Balaban J connectivity index is 1.73. The smallest absolute Gasteiger partial charge is 0.282 e. The Bertz CT molecular complexity index is 1170. The van der Waals surface area contributed by atoms with E-state index in [4.69, 9.17) is 0 Å². The largest absolute Gasteiger partial charge is 0.350 e. The van der Waals surface area contributed by atoms with Crippen molar-refractivity contribution >= 4 is 51.7 Å². The van der Waals surface area contributed by atoms with Gasteiger partial charge < -0.3 is 10.6 Å². The van der Waals surface area contributed by atoms with Crippen LogP contribution in [0.5, 0.6) is 0 Å². The molecule has 2 aromatic carbocycles. The third-order valence-electron chi connectivity index (χ3n) is 4.42. The predicted molar refractivity (Wildman–Crippen MR) is 115 cm³/mol. The Morgan fingerprint density at radius 2 is 1.63 bits per heavy atom. The van der Waals surface area contributed by atoms with E-state index in [0.717, 1.165) is 4.90 Å². The molecule has 0 bridgehead atoms. The van der Waals surface area contributed by atoms with Crippen LogP contribution in [-0.2, 0) is 14.4 Å². The highest BCUT2D eigenvalue weighted by atomic mass is 32.1. The molecule has 1 aromatic heterocycles. The number of carbonyl (C=O) groups excluding carboxylic acids is 3. The standard InChI is InChI=1S/C22H16FN3O3S/c1-13(27)24-14-8-10-15(11-9-14)25-20-19(18-7-4-12-30-18)21(28)26(22(20)29)17-6-3-2-5-16(17)23/h2-12,25H,1H3,(H,24,27). The Labute approximate surface area is 175 Å². The Hall–Kier alpha value is -3.78. The number of rotatable bonds is 5. The van der Waals surface area contributed by atoms with Gasteiger partial charge in [0, 0.05) is 23.2 Å². The molecule has 4 rings (SSSR count). The van der Waals surface area contributed by atoms with Gasteiger partial charge in [-0.15, -0.1) is 11.3 Å². The molecule has 0 saturated carbocycles. The third-order valence-corrected chi connectivity index (χ3v) is 5.31. The van der Waals surface area contributed by atoms with E-state index in [2.05, 4.69) is 10.6 Å². The topological polar surface area (TPSA) is 78.5 Å². The van der Waals surface area contributed by atoms with Crippen LogP contribution >= 0.6 is 11.3 Å². The van der Waals surface area contributed by atoms with E-state index in [0.29, 0.717) is 16.3 Å². The molecule has 0 fully saturated rings. The highest BCUT2D eigenvalue weighted by Gasteiger charge is 2.41. The number of hydrogen-bond acceptors (Lipinski definition) is 5. The first kappa shape index (κ1) is 19.5. The van der Waals surface area contributed by atoms with Gasteiger partial charge in [-0.2, -0.15) is 0 Å². The van der Waals surface area contributed by atoms with Crippen molar-refractivity contribution in [2.75, 3.05) is 15.5 Å². The summed E-state index contributed by atoms with van der Waals surface area (Å²) in [5, 5.41) is 7.45. The molecule has 3 aromatic rings. The van der Waals surface area contributed by atoms with Crippen LogP contribution in [0, 0.1) is 5.82 Å². The molecule has 0 radical (unpaired) electrons. The average molecular weight is 421 g/mol. The van der Waals surface area contributed by atoms with E-state index in [-0.39, 0.29) is 22.9 Å². The number of benzene rings is 2. The van der Waals surface area contributed by atoms with Gasteiger partial charge in [-0.1, -0.05) is 18.2 Å². The molecule has 0 unspecified atom stereocenters. The number of anilines is 3. The third kappa shape index (κ3) is 3.60. The van der Waals surface area contributed by atoms with Crippen LogP contribution in [-0.4, -0.2) is 17.7 Å². The molecule has 0 aliphatic carbocycles. The molecule has 0 spiro atoms. The molecule has 1 aliphatic rings. The molecule has 30 heavy (non-hydrogen) atoms. The maximum atomic E-state index is 14.3. The van der Waals surface area contributed by atoms with E-state index in [9.17, 15) is 18.8 Å². The van der Waals surface area contributed by atoms with E-state index in [1.807, 2.05) is 0 Å². The molecule has 0 atom stereocenters. The average Bonchev–Trinajstić information content (AvgIpc) is 3.31. The maximum Gasteiger partial charge on any atom is 0.282 e. The second-order valence-corrected chi connectivity index (χ2v) is 7.46. The van der Waals surface area contributed by atoms with Crippen molar-refractivity contribution in [3.63, 3.8) is 0 Å². The highest BCUT2D eigenvalue weighted by molar-refractivity contribution is 7.11. The van der Waals surface area contributed by atoms with Gasteiger partial charge in [0.2, 0.25) is 5.91 Å². The first-order valence-corrected chi connectivity index (χ1v) is 9.90. The number of imide groups is 1. The summed E-state index contributed by atoms with van der Waals surface area (Å²) in [5.41, 5.74) is 1.30. The lowest BCUT2D eigenvalue weighted by Crippen LogP contribution is -2.33. The minimum absolute atomic E-state index is 0.0676. The normalized spacial score (nSPS) is 13.7. The van der Waals surface area contributed by atoms with Crippen LogP contribution in [0.25, 0.3) is 5.57 Å². The highest BCUT2D eigenvalue weighted by Crippen LogP contribution is 2.36. The molecule has 0 saturated heterocycles. The molecule has 8 heteroatoms. The van der Waals surface area contributed by atoms with Gasteiger partial charge >= 0.3 is 0 Å². The van der Waals surface area contributed by atoms with Gasteiger partial charge in [-0.05, 0) is 47.8 Å².